The third-order valence-corrected chi connectivity index (χ3v) is 10.9. The van der Waals surface area contributed by atoms with Gasteiger partial charge in [-0.05, 0) is 89.9 Å². The lowest BCUT2D eigenvalue weighted by Crippen LogP contribution is -2.30. The molecule has 0 saturated heterocycles. The van der Waals surface area contributed by atoms with Crippen LogP contribution < -0.4 is 0 Å². The van der Waals surface area contributed by atoms with Crippen LogP contribution in [0.2, 0.25) is 0 Å². The second-order valence-corrected chi connectivity index (χ2v) is 17.1. The molecule has 6 nitrogen and oxygen atoms in total. The number of rotatable bonds is 46. The Morgan fingerprint density at radius 2 is 0.629 bits per heavy atom. The summed E-state index contributed by atoms with van der Waals surface area (Å²) in [4.78, 5) is 37.9. The number of carbonyl (C=O) groups is 3. The second kappa shape index (κ2) is 50.5. The summed E-state index contributed by atoms with van der Waals surface area (Å²) in [5, 5.41) is 0. The van der Waals surface area contributed by atoms with E-state index >= 15 is 0 Å². The molecule has 0 aromatic heterocycles. The first-order valence-electron chi connectivity index (χ1n) is 25.9. The summed E-state index contributed by atoms with van der Waals surface area (Å²) >= 11 is 0. The van der Waals surface area contributed by atoms with Crippen molar-refractivity contribution in [2.75, 3.05) is 13.2 Å². The number of hydrogen-bond acceptors (Lipinski definition) is 6. The first-order valence-corrected chi connectivity index (χ1v) is 25.9. The molecule has 0 radical (unpaired) electrons. The Balaban J connectivity index is 4.43. The number of ether oxygens (including phenoxy) is 3. The van der Waals surface area contributed by atoms with Crippen molar-refractivity contribution in [2.45, 2.75) is 252 Å². The molecule has 0 aromatic rings. The van der Waals surface area contributed by atoms with Gasteiger partial charge in [0, 0.05) is 19.3 Å². The minimum atomic E-state index is -0.790. The van der Waals surface area contributed by atoms with Gasteiger partial charge in [-0.1, -0.05) is 209 Å². The average Bonchev–Trinajstić information content (AvgIpc) is 3.27. The van der Waals surface area contributed by atoms with Gasteiger partial charge in [0.25, 0.3) is 0 Å². The average molecular weight is 865 g/mol. The van der Waals surface area contributed by atoms with Gasteiger partial charge in [-0.2, -0.15) is 0 Å². The van der Waals surface area contributed by atoms with Crippen LogP contribution in [0.4, 0.5) is 0 Å². The van der Waals surface area contributed by atoms with Crippen molar-refractivity contribution in [3.8, 4) is 0 Å². The number of hydrogen-bond donors (Lipinski definition) is 0. The molecule has 356 valence electrons. The molecule has 0 spiro atoms. The number of allylic oxidation sites excluding steroid dienone is 12. The minimum absolute atomic E-state index is 0.0878. The summed E-state index contributed by atoms with van der Waals surface area (Å²) in [5.74, 6) is -0.928. The van der Waals surface area contributed by atoms with E-state index in [1.54, 1.807) is 0 Å². The highest BCUT2D eigenvalue weighted by atomic mass is 16.6. The number of esters is 3. The third-order valence-electron chi connectivity index (χ3n) is 10.9. The van der Waals surface area contributed by atoms with Gasteiger partial charge in [-0.15, -0.1) is 0 Å². The molecule has 1 unspecified atom stereocenters. The lowest BCUT2D eigenvalue weighted by Gasteiger charge is -2.18. The Labute approximate surface area is 382 Å². The highest BCUT2D eigenvalue weighted by molar-refractivity contribution is 5.71. The number of carbonyl (C=O) groups excluding carboxylic acids is 3. The van der Waals surface area contributed by atoms with Crippen LogP contribution in [0.3, 0.4) is 0 Å². The maximum absolute atomic E-state index is 12.8. The van der Waals surface area contributed by atoms with E-state index in [0.29, 0.717) is 19.3 Å². The van der Waals surface area contributed by atoms with Crippen LogP contribution in [0.1, 0.15) is 245 Å². The third kappa shape index (κ3) is 47.9. The number of unbranched alkanes of at least 4 members (excludes halogenated alkanes) is 23. The molecular formula is C56H96O6. The predicted molar refractivity (Wildman–Crippen MR) is 265 cm³/mol. The van der Waals surface area contributed by atoms with Gasteiger partial charge in [0.15, 0.2) is 6.10 Å². The second-order valence-electron chi connectivity index (χ2n) is 17.1. The minimum Gasteiger partial charge on any atom is -0.462 e. The van der Waals surface area contributed by atoms with Crippen molar-refractivity contribution in [3.63, 3.8) is 0 Å². The highest BCUT2D eigenvalue weighted by Gasteiger charge is 2.19. The molecule has 62 heavy (non-hydrogen) atoms. The van der Waals surface area contributed by atoms with Crippen molar-refractivity contribution in [1.82, 2.24) is 0 Å². The normalized spacial score (nSPS) is 12.6. The maximum atomic E-state index is 12.8. The molecule has 0 aromatic carbocycles. The Kier molecular flexibility index (Phi) is 47.9. The molecule has 0 amide bonds. The summed E-state index contributed by atoms with van der Waals surface area (Å²) < 4.78 is 16.8. The van der Waals surface area contributed by atoms with Crippen molar-refractivity contribution >= 4 is 17.9 Å². The monoisotopic (exact) mass is 865 g/mol. The van der Waals surface area contributed by atoms with Gasteiger partial charge in [-0.25, -0.2) is 0 Å². The van der Waals surface area contributed by atoms with E-state index in [9.17, 15) is 14.4 Å². The van der Waals surface area contributed by atoms with Crippen molar-refractivity contribution < 1.29 is 28.6 Å². The fourth-order valence-corrected chi connectivity index (χ4v) is 7.05. The Morgan fingerprint density at radius 1 is 0.339 bits per heavy atom. The zero-order valence-corrected chi connectivity index (χ0v) is 40.6. The van der Waals surface area contributed by atoms with E-state index in [0.717, 1.165) is 109 Å². The van der Waals surface area contributed by atoms with Crippen molar-refractivity contribution in [3.05, 3.63) is 72.9 Å². The Hall–Kier alpha value is -3.15. The van der Waals surface area contributed by atoms with Crippen LogP contribution in [0.5, 0.6) is 0 Å². The standard InChI is InChI=1S/C56H96O6/c1-4-7-10-13-16-19-22-25-26-27-28-29-30-32-34-37-40-43-46-49-55(58)61-52-53(51-60-54(57)48-45-42-39-36-33-24-21-18-15-12-9-6-3)62-56(59)50-47-44-41-38-35-31-23-20-17-14-11-8-5-2/h7,10,16,19-20,23,25-26,28-29,32,34,53H,4-6,8-9,11-15,17-18,21-22,24,27,30-31,33,35-52H2,1-3H3/b10-7-,19-16-,23-20-,26-25-,29-28-,34-32-. The topological polar surface area (TPSA) is 78.9 Å². The molecule has 6 heteroatoms. The van der Waals surface area contributed by atoms with E-state index in [2.05, 4.69) is 93.7 Å². The molecule has 0 fully saturated rings. The molecule has 0 N–H and O–H groups in total. The zero-order chi connectivity index (χ0) is 45.1. The fourth-order valence-electron chi connectivity index (χ4n) is 7.05. The van der Waals surface area contributed by atoms with Crippen LogP contribution >= 0.6 is 0 Å². The van der Waals surface area contributed by atoms with Crippen LogP contribution in [0, 0.1) is 0 Å². The lowest BCUT2D eigenvalue weighted by molar-refractivity contribution is -0.167. The summed E-state index contributed by atoms with van der Waals surface area (Å²) in [7, 11) is 0. The quantitative estimate of drug-likeness (QED) is 0.0262. The van der Waals surface area contributed by atoms with E-state index < -0.39 is 6.10 Å². The molecular weight excluding hydrogens is 769 g/mol. The van der Waals surface area contributed by atoms with Gasteiger partial charge in [0.2, 0.25) is 0 Å². The Bertz CT molecular complexity index is 1180. The van der Waals surface area contributed by atoms with Gasteiger partial charge >= 0.3 is 17.9 Å². The van der Waals surface area contributed by atoms with Gasteiger partial charge < -0.3 is 14.2 Å². The lowest BCUT2D eigenvalue weighted by atomic mass is 10.0. The molecule has 0 heterocycles. The smallest absolute Gasteiger partial charge is 0.306 e. The van der Waals surface area contributed by atoms with E-state index in [4.69, 9.17) is 14.2 Å². The van der Waals surface area contributed by atoms with Crippen LogP contribution in [0.15, 0.2) is 72.9 Å². The molecule has 1 atom stereocenters. The highest BCUT2D eigenvalue weighted by Crippen LogP contribution is 2.14. The van der Waals surface area contributed by atoms with E-state index in [-0.39, 0.29) is 31.1 Å². The molecule has 0 aliphatic rings. The largest absolute Gasteiger partial charge is 0.462 e. The Morgan fingerprint density at radius 3 is 1.03 bits per heavy atom. The summed E-state index contributed by atoms with van der Waals surface area (Å²) in [6.07, 6.45) is 63.1. The SMILES string of the molecule is CC/C=C\C/C=C\C/C=C\C/C=C\C/C=C\CCCCCC(=O)OCC(COC(=O)CCCCCCCCCCCCCC)OC(=O)CCCCCCC/C=C\CCCCCC. The van der Waals surface area contributed by atoms with Crippen LogP contribution in [0.25, 0.3) is 0 Å². The summed E-state index contributed by atoms with van der Waals surface area (Å²) in [6.45, 7) is 6.47. The van der Waals surface area contributed by atoms with Crippen LogP contribution in [-0.4, -0.2) is 37.2 Å². The molecule has 0 bridgehead atoms. The summed E-state index contributed by atoms with van der Waals surface area (Å²) in [6, 6.07) is 0. The van der Waals surface area contributed by atoms with Crippen molar-refractivity contribution in [2.24, 2.45) is 0 Å². The maximum Gasteiger partial charge on any atom is 0.306 e. The molecule has 0 aliphatic carbocycles. The molecule has 0 aliphatic heterocycles. The van der Waals surface area contributed by atoms with E-state index in [1.807, 2.05) is 0 Å². The van der Waals surface area contributed by atoms with Gasteiger partial charge in [0.05, 0.1) is 0 Å². The first kappa shape index (κ1) is 58.9. The van der Waals surface area contributed by atoms with Gasteiger partial charge in [0.1, 0.15) is 13.2 Å². The molecule has 0 rings (SSSR count). The van der Waals surface area contributed by atoms with E-state index in [1.165, 1.54) is 96.3 Å². The summed E-state index contributed by atoms with van der Waals surface area (Å²) in [5.41, 5.74) is 0. The molecule has 0 saturated carbocycles. The van der Waals surface area contributed by atoms with Gasteiger partial charge in [-0.3, -0.25) is 14.4 Å². The fraction of sp³-hybridized carbons (Fsp3) is 0.732. The van der Waals surface area contributed by atoms with Crippen LogP contribution in [-0.2, 0) is 28.6 Å². The van der Waals surface area contributed by atoms with Crippen molar-refractivity contribution in [1.29, 1.82) is 0 Å². The first-order chi connectivity index (χ1) is 30.5. The zero-order valence-electron chi connectivity index (χ0n) is 40.6. The predicted octanol–water partition coefficient (Wildman–Crippen LogP) is 17.0.